The van der Waals surface area contributed by atoms with Crippen molar-refractivity contribution in [2.45, 2.75) is 13.5 Å². The average Bonchev–Trinajstić information content (AvgIpc) is 2.65. The van der Waals surface area contributed by atoms with E-state index in [9.17, 15) is 4.79 Å². The molecule has 0 saturated carbocycles. The van der Waals surface area contributed by atoms with Crippen LogP contribution in [0, 0.1) is 0 Å². The molecule has 2 rings (SSSR count). The predicted molar refractivity (Wildman–Crippen MR) is 104 cm³/mol. The number of hydrogen-bond acceptors (Lipinski definition) is 3. The molecule has 26 heavy (non-hydrogen) atoms. The van der Waals surface area contributed by atoms with Crippen LogP contribution in [0.4, 0.5) is 0 Å². The van der Waals surface area contributed by atoms with Gasteiger partial charge in [-0.3, -0.25) is 4.79 Å². The van der Waals surface area contributed by atoms with Gasteiger partial charge in [0.2, 0.25) is 5.91 Å². The van der Waals surface area contributed by atoms with Gasteiger partial charge >= 0.3 is 0 Å². The Bertz CT molecular complexity index is 712. The van der Waals surface area contributed by atoms with Crippen molar-refractivity contribution in [3.8, 4) is 11.5 Å². The fourth-order valence-electron chi connectivity index (χ4n) is 2.12. The van der Waals surface area contributed by atoms with E-state index in [4.69, 9.17) is 4.74 Å². The van der Waals surface area contributed by atoms with Crippen LogP contribution in [-0.4, -0.2) is 44.0 Å². The largest absolute Gasteiger partial charge is 0.457 e. The molecule has 0 saturated heterocycles. The summed E-state index contributed by atoms with van der Waals surface area (Å²) >= 11 is 0. The van der Waals surface area contributed by atoms with E-state index in [0.717, 1.165) is 23.6 Å². The van der Waals surface area contributed by atoms with Crippen molar-refractivity contribution >= 4 is 11.9 Å². The fourth-order valence-corrected chi connectivity index (χ4v) is 2.12. The number of carbonyl (C=O) groups is 1. The van der Waals surface area contributed by atoms with Gasteiger partial charge in [-0.1, -0.05) is 30.3 Å². The van der Waals surface area contributed by atoms with Crippen molar-refractivity contribution < 1.29 is 9.53 Å². The molecule has 0 heterocycles. The molecule has 0 fully saturated rings. The predicted octanol–water partition coefficient (Wildman–Crippen LogP) is 2.62. The van der Waals surface area contributed by atoms with Gasteiger partial charge in [0.05, 0.1) is 13.1 Å². The summed E-state index contributed by atoms with van der Waals surface area (Å²) in [6, 6.07) is 17.5. The van der Waals surface area contributed by atoms with Crippen LogP contribution in [0.25, 0.3) is 0 Å². The third-order valence-corrected chi connectivity index (χ3v) is 3.57. The van der Waals surface area contributed by atoms with E-state index < -0.39 is 0 Å². The molecule has 6 heteroatoms. The number of hydrogen-bond donors (Lipinski definition) is 2. The van der Waals surface area contributed by atoms with E-state index in [1.807, 2.05) is 61.5 Å². The van der Waals surface area contributed by atoms with Gasteiger partial charge in [-0.15, -0.1) is 0 Å². The zero-order valence-electron chi connectivity index (χ0n) is 15.5. The number of likely N-dealkylation sites (N-methyl/N-ethyl adjacent to an activating group) is 1. The van der Waals surface area contributed by atoms with Crippen molar-refractivity contribution in [1.29, 1.82) is 0 Å². The Morgan fingerprint density at radius 1 is 1.00 bits per heavy atom. The van der Waals surface area contributed by atoms with Crippen LogP contribution in [0.5, 0.6) is 11.5 Å². The molecule has 2 aromatic rings. The summed E-state index contributed by atoms with van der Waals surface area (Å²) in [7, 11) is 3.46. The quantitative estimate of drug-likeness (QED) is 0.593. The third-order valence-electron chi connectivity index (χ3n) is 3.57. The van der Waals surface area contributed by atoms with E-state index in [1.165, 1.54) is 0 Å². The van der Waals surface area contributed by atoms with E-state index in [2.05, 4.69) is 15.6 Å². The molecular formula is C20H26N4O2. The van der Waals surface area contributed by atoms with Crippen LogP contribution in [0.1, 0.15) is 12.5 Å². The molecule has 0 aliphatic heterocycles. The minimum atomic E-state index is -0.00184. The van der Waals surface area contributed by atoms with Crippen LogP contribution in [0.15, 0.2) is 59.6 Å². The SMILES string of the molecule is CCNC(=NCc1ccc(Oc2ccccc2)cc1)NCC(=O)N(C)C. The Hall–Kier alpha value is -3.02. The van der Waals surface area contributed by atoms with Crippen molar-refractivity contribution in [3.05, 3.63) is 60.2 Å². The minimum absolute atomic E-state index is 0.00184. The Labute approximate surface area is 154 Å². The highest BCUT2D eigenvalue weighted by Crippen LogP contribution is 2.21. The summed E-state index contributed by atoms with van der Waals surface area (Å²) in [6.07, 6.45) is 0. The second kappa shape index (κ2) is 10.1. The fraction of sp³-hybridized carbons (Fsp3) is 0.300. The Morgan fingerprint density at radius 3 is 2.27 bits per heavy atom. The highest BCUT2D eigenvalue weighted by atomic mass is 16.5. The Morgan fingerprint density at radius 2 is 1.65 bits per heavy atom. The van der Waals surface area contributed by atoms with Gasteiger partial charge < -0.3 is 20.3 Å². The Kier molecular flexibility index (Phi) is 7.49. The molecule has 0 aliphatic rings. The second-order valence-corrected chi connectivity index (χ2v) is 5.90. The summed E-state index contributed by atoms with van der Waals surface area (Å²) in [5.41, 5.74) is 1.06. The van der Waals surface area contributed by atoms with Gasteiger partial charge in [-0.05, 0) is 36.8 Å². The summed E-state index contributed by atoms with van der Waals surface area (Å²) in [6.45, 7) is 3.44. The molecule has 0 aliphatic carbocycles. The normalized spacial score (nSPS) is 11.0. The number of guanidine groups is 1. The molecule has 6 nitrogen and oxygen atoms in total. The molecule has 1 amide bonds. The topological polar surface area (TPSA) is 66.0 Å². The molecular weight excluding hydrogens is 328 g/mol. The molecule has 0 radical (unpaired) electrons. The molecule has 0 bridgehead atoms. The number of para-hydroxylation sites is 1. The van der Waals surface area contributed by atoms with Crippen molar-refractivity contribution in [3.63, 3.8) is 0 Å². The highest BCUT2D eigenvalue weighted by molar-refractivity contribution is 5.86. The van der Waals surface area contributed by atoms with E-state index in [1.54, 1.807) is 19.0 Å². The van der Waals surface area contributed by atoms with Gasteiger partial charge in [0.15, 0.2) is 5.96 Å². The monoisotopic (exact) mass is 354 g/mol. The van der Waals surface area contributed by atoms with E-state index >= 15 is 0 Å². The molecule has 138 valence electrons. The number of rotatable bonds is 7. The smallest absolute Gasteiger partial charge is 0.241 e. The standard InChI is InChI=1S/C20H26N4O2/c1-4-21-20(23-15-19(25)24(2)3)22-14-16-10-12-18(13-11-16)26-17-8-6-5-7-9-17/h5-13H,4,14-15H2,1-3H3,(H2,21,22,23). The van der Waals surface area contributed by atoms with E-state index in [0.29, 0.717) is 12.5 Å². The van der Waals surface area contributed by atoms with Crippen LogP contribution in [0.2, 0.25) is 0 Å². The first-order valence-corrected chi connectivity index (χ1v) is 8.62. The minimum Gasteiger partial charge on any atom is -0.457 e. The number of aliphatic imine (C=N–C) groups is 1. The van der Waals surface area contributed by atoms with Crippen LogP contribution >= 0.6 is 0 Å². The lowest BCUT2D eigenvalue weighted by Crippen LogP contribution is -2.42. The number of nitrogens with one attached hydrogen (secondary N) is 2. The third kappa shape index (κ3) is 6.47. The Balaban J connectivity index is 1.92. The maximum absolute atomic E-state index is 11.7. The molecule has 2 aromatic carbocycles. The lowest BCUT2D eigenvalue weighted by atomic mass is 10.2. The van der Waals surface area contributed by atoms with Crippen LogP contribution < -0.4 is 15.4 Å². The average molecular weight is 354 g/mol. The molecule has 0 spiro atoms. The molecule has 0 unspecified atom stereocenters. The van der Waals surface area contributed by atoms with Crippen LogP contribution in [-0.2, 0) is 11.3 Å². The van der Waals surface area contributed by atoms with Crippen molar-refractivity contribution in [1.82, 2.24) is 15.5 Å². The highest BCUT2D eigenvalue weighted by Gasteiger charge is 2.05. The van der Waals surface area contributed by atoms with E-state index in [-0.39, 0.29) is 12.5 Å². The maximum Gasteiger partial charge on any atom is 0.241 e. The lowest BCUT2D eigenvalue weighted by Gasteiger charge is -2.14. The zero-order chi connectivity index (χ0) is 18.8. The summed E-state index contributed by atoms with van der Waals surface area (Å²) in [5.74, 6) is 2.21. The first kappa shape index (κ1) is 19.3. The molecule has 2 N–H and O–H groups in total. The zero-order valence-corrected chi connectivity index (χ0v) is 15.5. The van der Waals surface area contributed by atoms with Crippen LogP contribution in [0.3, 0.4) is 0 Å². The number of carbonyl (C=O) groups excluding carboxylic acids is 1. The number of nitrogens with zero attached hydrogens (tertiary/aromatic N) is 2. The van der Waals surface area contributed by atoms with Crippen molar-refractivity contribution in [2.75, 3.05) is 27.2 Å². The second-order valence-electron chi connectivity index (χ2n) is 5.90. The summed E-state index contributed by atoms with van der Waals surface area (Å²) < 4.78 is 5.78. The van der Waals surface area contributed by atoms with Gasteiger partial charge in [-0.2, -0.15) is 0 Å². The number of ether oxygens (including phenoxy) is 1. The van der Waals surface area contributed by atoms with Gasteiger partial charge in [0.25, 0.3) is 0 Å². The summed E-state index contributed by atoms with van der Waals surface area (Å²) in [5, 5.41) is 6.17. The number of benzene rings is 2. The van der Waals surface area contributed by atoms with Gasteiger partial charge in [-0.25, -0.2) is 4.99 Å². The van der Waals surface area contributed by atoms with Crippen molar-refractivity contribution in [2.24, 2.45) is 4.99 Å². The molecule has 0 atom stereocenters. The first-order chi connectivity index (χ1) is 12.6. The lowest BCUT2D eigenvalue weighted by molar-refractivity contribution is -0.127. The maximum atomic E-state index is 11.7. The first-order valence-electron chi connectivity index (χ1n) is 8.62. The van der Waals surface area contributed by atoms with Gasteiger partial charge in [0.1, 0.15) is 11.5 Å². The van der Waals surface area contributed by atoms with Gasteiger partial charge in [0, 0.05) is 20.6 Å². The number of amides is 1. The summed E-state index contributed by atoms with van der Waals surface area (Å²) in [4.78, 5) is 17.7. The molecule has 0 aromatic heterocycles.